The van der Waals surface area contributed by atoms with E-state index in [0.717, 1.165) is 6.07 Å². The summed E-state index contributed by atoms with van der Waals surface area (Å²) in [6.07, 6.45) is -1.24. The number of nitrogens with zero attached hydrogens (tertiary/aromatic N) is 1. The lowest BCUT2D eigenvalue weighted by atomic mass is 10.0. The van der Waals surface area contributed by atoms with Crippen molar-refractivity contribution in [3.63, 3.8) is 0 Å². The number of halogens is 3. The van der Waals surface area contributed by atoms with Crippen LogP contribution in [0.25, 0.3) is 11.1 Å². The van der Waals surface area contributed by atoms with Crippen molar-refractivity contribution in [2.75, 3.05) is 5.84 Å². The highest BCUT2D eigenvalue weighted by atomic mass is 19.4. The summed E-state index contributed by atoms with van der Waals surface area (Å²) >= 11 is 0. The van der Waals surface area contributed by atoms with E-state index in [1.54, 1.807) is 30.6 Å². The number of alkyl halides is 3. The summed E-state index contributed by atoms with van der Waals surface area (Å²) in [6, 6.07) is 9.38. The third-order valence-corrected chi connectivity index (χ3v) is 2.29. The minimum absolute atomic E-state index is 0.483. The Balaban J connectivity index is 2.43. The zero-order chi connectivity index (χ0) is 12.5. The van der Waals surface area contributed by atoms with Crippen LogP contribution in [0, 0.1) is 6.07 Å². The van der Waals surface area contributed by atoms with Crippen molar-refractivity contribution in [1.29, 1.82) is 0 Å². The van der Waals surface area contributed by atoms with Gasteiger partial charge < -0.3 is 0 Å². The van der Waals surface area contributed by atoms with Gasteiger partial charge in [0, 0.05) is 12.1 Å². The van der Waals surface area contributed by atoms with E-state index < -0.39 is 11.7 Å². The molecular weight excluding hydrogens is 229 g/mol. The Hall–Kier alpha value is -2.04. The number of rotatable bonds is 1. The molecule has 0 aliphatic heterocycles. The Morgan fingerprint density at radius 3 is 2.29 bits per heavy atom. The lowest BCUT2D eigenvalue weighted by Crippen LogP contribution is -2.43. The Bertz CT molecular complexity index is 518. The van der Waals surface area contributed by atoms with E-state index in [2.05, 4.69) is 6.07 Å². The topological polar surface area (TPSA) is 29.9 Å². The number of nitrogens with two attached hydrogens (primary N) is 1. The van der Waals surface area contributed by atoms with Crippen molar-refractivity contribution < 1.29 is 17.8 Å². The smallest absolute Gasteiger partial charge is 0.205 e. The van der Waals surface area contributed by atoms with Crippen LogP contribution in [0.4, 0.5) is 13.2 Å². The Kier molecular flexibility index (Phi) is 2.75. The van der Waals surface area contributed by atoms with Crippen LogP contribution >= 0.6 is 0 Å². The summed E-state index contributed by atoms with van der Waals surface area (Å²) in [5, 5.41) is 0. The van der Waals surface area contributed by atoms with Crippen molar-refractivity contribution in [3.8, 4) is 11.1 Å². The van der Waals surface area contributed by atoms with Crippen molar-refractivity contribution in [2.45, 2.75) is 6.18 Å². The highest BCUT2D eigenvalue weighted by Gasteiger charge is 2.30. The molecule has 0 bridgehead atoms. The van der Waals surface area contributed by atoms with Gasteiger partial charge in [-0.2, -0.15) is 13.2 Å². The number of nitrogen functional groups attached to an aromatic ring is 1. The van der Waals surface area contributed by atoms with Crippen molar-refractivity contribution in [1.82, 2.24) is 0 Å². The standard InChI is InChI=1S/C12H9F3N2/c13-12(14,15)11-3-1-2-10(8-11)9-4-6-17(16)7-5-9/h1-2,4-8H,16H2/q+1. The molecule has 0 spiro atoms. The summed E-state index contributed by atoms with van der Waals surface area (Å²) in [5.74, 6) is 5.43. The van der Waals surface area contributed by atoms with Gasteiger partial charge >= 0.3 is 6.18 Å². The van der Waals surface area contributed by atoms with Crippen LogP contribution in [0.15, 0.2) is 42.7 Å². The van der Waals surface area contributed by atoms with Crippen molar-refractivity contribution in [3.05, 3.63) is 54.4 Å². The molecule has 1 aromatic carbocycles. The summed E-state index contributed by atoms with van der Waals surface area (Å²) in [5.41, 5.74) is 0.377. The Morgan fingerprint density at radius 2 is 1.71 bits per heavy atom. The minimum Gasteiger partial charge on any atom is -0.205 e. The van der Waals surface area contributed by atoms with Crippen molar-refractivity contribution in [2.24, 2.45) is 0 Å². The fraction of sp³-hybridized carbons (Fsp3) is 0.0833. The van der Waals surface area contributed by atoms with E-state index in [1.807, 2.05) is 0 Å². The maximum Gasteiger partial charge on any atom is 0.417 e. The molecule has 17 heavy (non-hydrogen) atoms. The van der Waals surface area contributed by atoms with Crippen LogP contribution in [-0.2, 0) is 6.18 Å². The van der Waals surface area contributed by atoms with E-state index in [0.29, 0.717) is 11.1 Å². The van der Waals surface area contributed by atoms with E-state index in [9.17, 15) is 13.2 Å². The van der Waals surface area contributed by atoms with Gasteiger partial charge in [0.15, 0.2) is 12.4 Å². The molecule has 1 aromatic heterocycles. The molecule has 1 heterocycles. The van der Waals surface area contributed by atoms with Gasteiger partial charge in [-0.1, -0.05) is 16.8 Å². The highest BCUT2D eigenvalue weighted by molar-refractivity contribution is 5.63. The van der Waals surface area contributed by atoms with Gasteiger partial charge in [-0.25, -0.2) is 5.84 Å². The second kappa shape index (κ2) is 4.08. The molecule has 2 nitrogen and oxygen atoms in total. The Morgan fingerprint density at radius 1 is 1.06 bits per heavy atom. The molecule has 0 saturated carbocycles. The number of hydrogen-bond acceptors (Lipinski definition) is 1. The number of benzene rings is 1. The predicted molar refractivity (Wildman–Crippen MR) is 56.1 cm³/mol. The second-order valence-electron chi connectivity index (χ2n) is 3.52. The molecule has 0 aliphatic rings. The lowest BCUT2D eigenvalue weighted by Gasteiger charge is -2.07. The molecular formula is C12H9F3N2+. The van der Waals surface area contributed by atoms with Crippen LogP contribution in [0.2, 0.25) is 0 Å². The van der Waals surface area contributed by atoms with E-state index >= 15 is 0 Å². The first-order valence-corrected chi connectivity index (χ1v) is 4.82. The van der Waals surface area contributed by atoms with E-state index in [-0.39, 0.29) is 0 Å². The van der Waals surface area contributed by atoms with Gasteiger partial charge in [-0.3, -0.25) is 0 Å². The number of aromatic nitrogens is 1. The molecule has 0 unspecified atom stereocenters. The predicted octanol–water partition coefficient (Wildman–Crippen LogP) is 2.17. The van der Waals surface area contributed by atoms with Gasteiger partial charge in [0.25, 0.3) is 0 Å². The summed E-state index contributed by atoms with van der Waals surface area (Å²) in [6.45, 7) is 0. The first-order valence-electron chi connectivity index (χ1n) is 4.82. The quantitative estimate of drug-likeness (QED) is 0.599. The first-order chi connectivity index (χ1) is 7.97. The molecule has 0 saturated heterocycles. The summed E-state index contributed by atoms with van der Waals surface area (Å²) in [4.78, 5) is 0. The largest absolute Gasteiger partial charge is 0.417 e. The van der Waals surface area contributed by atoms with E-state index in [4.69, 9.17) is 5.84 Å². The molecule has 0 amide bonds. The zero-order valence-corrected chi connectivity index (χ0v) is 8.70. The van der Waals surface area contributed by atoms with Gasteiger partial charge in [0.2, 0.25) is 0 Å². The molecule has 5 heteroatoms. The number of hydrogen-bond donors (Lipinski definition) is 1. The molecule has 0 atom stereocenters. The van der Waals surface area contributed by atoms with E-state index in [1.165, 1.54) is 10.7 Å². The molecule has 87 valence electrons. The average Bonchev–Trinajstić information content (AvgIpc) is 2.29. The molecule has 2 aromatic rings. The monoisotopic (exact) mass is 238 g/mol. The zero-order valence-electron chi connectivity index (χ0n) is 8.70. The average molecular weight is 238 g/mol. The van der Waals surface area contributed by atoms with Crippen molar-refractivity contribution >= 4 is 0 Å². The SMILES string of the molecule is N[n+]1ccc(-c2cc[c]c(C(F)(F)F)c2)cc1. The lowest BCUT2D eigenvalue weighted by molar-refractivity contribution is -0.638. The number of pyridine rings is 1. The second-order valence-corrected chi connectivity index (χ2v) is 3.52. The van der Waals surface area contributed by atoms with Gasteiger partial charge in [0.1, 0.15) is 0 Å². The molecule has 1 radical (unpaired) electrons. The molecule has 2 N–H and O–H groups in total. The maximum atomic E-state index is 12.5. The van der Waals surface area contributed by atoms with Crippen LogP contribution in [0.3, 0.4) is 0 Å². The van der Waals surface area contributed by atoms with Crippen LogP contribution in [0.1, 0.15) is 5.56 Å². The first kappa shape index (κ1) is 11.4. The minimum atomic E-state index is -4.38. The van der Waals surface area contributed by atoms with Crippen LogP contribution < -0.4 is 10.5 Å². The van der Waals surface area contributed by atoms with Crippen LogP contribution in [0.5, 0.6) is 0 Å². The molecule has 2 rings (SSSR count). The van der Waals surface area contributed by atoms with Gasteiger partial charge in [0.05, 0.1) is 5.56 Å². The van der Waals surface area contributed by atoms with Gasteiger partial charge in [-0.05, 0) is 23.3 Å². The van der Waals surface area contributed by atoms with Gasteiger partial charge in [-0.15, -0.1) is 0 Å². The molecule has 0 fully saturated rings. The normalized spacial score (nSPS) is 11.5. The molecule has 0 aliphatic carbocycles. The third kappa shape index (κ3) is 2.55. The fourth-order valence-corrected chi connectivity index (χ4v) is 1.44. The Labute approximate surface area is 96.1 Å². The third-order valence-electron chi connectivity index (χ3n) is 2.29. The highest BCUT2D eigenvalue weighted by Crippen LogP contribution is 2.31. The summed E-state index contributed by atoms with van der Waals surface area (Å²) in [7, 11) is 0. The summed E-state index contributed by atoms with van der Waals surface area (Å²) < 4.78 is 38.8. The van der Waals surface area contributed by atoms with Crippen LogP contribution in [-0.4, -0.2) is 0 Å². The fourth-order valence-electron chi connectivity index (χ4n) is 1.44. The maximum absolute atomic E-state index is 12.5.